The number of methoxy groups -OCH3 is 11. The zero-order chi connectivity index (χ0) is 103. The van der Waals surface area contributed by atoms with Gasteiger partial charge in [0.2, 0.25) is 63.2 Å². The van der Waals surface area contributed by atoms with Crippen LogP contribution in [0.3, 0.4) is 0 Å². The van der Waals surface area contributed by atoms with Gasteiger partial charge in [0.25, 0.3) is 61.8 Å². The minimum absolute atomic E-state index is 0.0181. The minimum atomic E-state index is -4.63. The van der Waals surface area contributed by atoms with Gasteiger partial charge in [0.1, 0.15) is 49.4 Å². The van der Waals surface area contributed by atoms with Crippen LogP contribution in [0.25, 0.3) is 5.78 Å². The number of anilines is 5. The number of aryl methyl sites for hydroxylation is 4. The molecule has 0 saturated heterocycles. The molecular formula is C74H84ClIN26O31S6. The summed E-state index contributed by atoms with van der Waals surface area (Å²) in [6, 6.07) is 18.6. The molecule has 11 aromatic rings. The zero-order valence-corrected chi connectivity index (χ0v) is 83.3. The molecule has 0 aliphatic carbocycles. The molecule has 7 aromatic heterocycles. The van der Waals surface area contributed by atoms with Gasteiger partial charge in [-0.3, -0.25) is 20.9 Å². The number of amides is 8. The Morgan fingerprint density at radius 1 is 0.439 bits per heavy atom. The first-order valence-corrected chi connectivity index (χ1v) is 48.9. The number of benzene rings is 4. The number of esters is 3. The number of hydrogen-bond donors (Lipinski definition) is 9. The van der Waals surface area contributed by atoms with Gasteiger partial charge in [-0.2, -0.15) is 69.3 Å². The summed E-state index contributed by atoms with van der Waals surface area (Å²) in [4.78, 5) is 138. The molecule has 0 aliphatic heterocycles. The molecule has 0 fully saturated rings. The molecule has 7 heterocycles. The van der Waals surface area contributed by atoms with Crippen molar-refractivity contribution in [2.75, 3.05) is 130 Å². The van der Waals surface area contributed by atoms with Crippen LogP contribution in [0, 0.1) is 31.3 Å². The van der Waals surface area contributed by atoms with Gasteiger partial charge in [-0.15, -0.1) is 16.7 Å². The maximum Gasteiger partial charge on any atom is 0.339 e. The molecule has 0 aliphatic rings. The average molecular weight is 2190 g/mol. The molecule has 11 rings (SSSR count). The van der Waals surface area contributed by atoms with E-state index in [0.29, 0.717) is 9.13 Å². The van der Waals surface area contributed by atoms with E-state index in [2.05, 4.69) is 114 Å². The number of ether oxygens (including phenoxy) is 12. The van der Waals surface area contributed by atoms with Crippen molar-refractivity contribution in [3.63, 3.8) is 0 Å². The minimum Gasteiger partial charge on any atom is -0.491 e. The van der Waals surface area contributed by atoms with Gasteiger partial charge in [0.15, 0.2) is 4.90 Å². The highest BCUT2D eigenvalue weighted by molar-refractivity contribution is 14.1. The zero-order valence-electron chi connectivity index (χ0n) is 75.5. The number of halogens is 2. The van der Waals surface area contributed by atoms with Crippen molar-refractivity contribution in [2.24, 2.45) is 0 Å². The van der Waals surface area contributed by atoms with Gasteiger partial charge in [-0.05, 0) is 122 Å². The van der Waals surface area contributed by atoms with Crippen molar-refractivity contribution in [1.82, 2.24) is 103 Å². The molecule has 0 saturated carbocycles. The van der Waals surface area contributed by atoms with E-state index >= 15 is 0 Å². The van der Waals surface area contributed by atoms with E-state index < -0.39 is 117 Å². The molecule has 0 spiro atoms. The topological polar surface area (TPSA) is 744 Å². The number of fused-ring (bicyclic) bond motifs is 1. The van der Waals surface area contributed by atoms with Crippen LogP contribution in [-0.2, 0) is 80.9 Å². The number of pyridine rings is 1. The SMILES string of the molecule is COC(=O)c1ccc(CNS(C)(=O)=O)cc1S(=O)(=O)NC(=O)Nc1nc(OC)cc(OC)n1.COC(=O)c1ccc(I)cc1S(=O)(=O)NC(=O)Nc1nc(C)nc(OC)n1.COC(=O)c1ccccc1S(=O)(=O)NC(=O)N(C)c1nc(C)nc(OC)n1.COc1cc(OC)n2nc(NS(=O)(=O)c3c(C)ccnc3OC)nc2n1.COc1nc(C)nc(NC(=O)NS(=O)(=O)c2ccccc2OCCCl)n1. The molecule has 9 N–H and O–H groups in total. The molecular weight excluding hydrogens is 2100 g/mol. The van der Waals surface area contributed by atoms with Crippen LogP contribution < -0.4 is 91.8 Å². The van der Waals surface area contributed by atoms with Crippen molar-refractivity contribution in [3.05, 3.63) is 158 Å². The fourth-order valence-electron chi connectivity index (χ4n) is 10.4. The molecule has 4 aromatic carbocycles. The summed E-state index contributed by atoms with van der Waals surface area (Å²) in [6.45, 7) is 6.15. The fraction of sp³-hybridized carbons (Fsp3) is 0.270. The van der Waals surface area contributed by atoms with Crippen molar-refractivity contribution in [2.45, 2.75) is 58.7 Å². The number of para-hydroxylation sites is 1. The van der Waals surface area contributed by atoms with E-state index in [1.165, 1.54) is 154 Å². The number of urea groups is 4. The highest BCUT2D eigenvalue weighted by Gasteiger charge is 2.33. The molecule has 746 valence electrons. The number of sulfonamides is 6. The van der Waals surface area contributed by atoms with E-state index in [1.807, 2.05) is 32.0 Å². The monoisotopic (exact) mass is 2190 g/mol. The summed E-state index contributed by atoms with van der Waals surface area (Å²) in [7, 11) is -9.79. The van der Waals surface area contributed by atoms with Crippen LogP contribution in [0.15, 0.2) is 134 Å². The lowest BCUT2D eigenvalue weighted by molar-refractivity contribution is 0.0587. The van der Waals surface area contributed by atoms with E-state index in [1.54, 1.807) is 49.3 Å². The molecule has 0 bridgehead atoms. The lowest BCUT2D eigenvalue weighted by atomic mass is 10.1. The van der Waals surface area contributed by atoms with Gasteiger partial charge < -0.3 is 56.8 Å². The molecule has 57 nitrogen and oxygen atoms in total. The Kier molecular flexibility index (Phi) is 39.5. The molecule has 0 atom stereocenters. The number of hydrogen-bond acceptors (Lipinski definition) is 46. The summed E-state index contributed by atoms with van der Waals surface area (Å²) < 4.78 is 221. The Balaban J connectivity index is 0.000000237. The second-order valence-electron chi connectivity index (χ2n) is 26.1. The van der Waals surface area contributed by atoms with Crippen molar-refractivity contribution in [3.8, 4) is 53.2 Å². The average Bonchev–Trinajstić information content (AvgIpc) is 1.73. The number of rotatable bonds is 32. The highest BCUT2D eigenvalue weighted by Crippen LogP contribution is 2.30. The van der Waals surface area contributed by atoms with Gasteiger partial charge in [0.05, 0.1) is 119 Å². The van der Waals surface area contributed by atoms with Crippen molar-refractivity contribution >= 4 is 172 Å². The number of alkyl halides is 1. The first-order chi connectivity index (χ1) is 65.5. The van der Waals surface area contributed by atoms with Crippen LogP contribution in [0.4, 0.5) is 48.9 Å². The largest absolute Gasteiger partial charge is 0.491 e. The number of nitrogens with one attached hydrogen (secondary N) is 9. The van der Waals surface area contributed by atoms with Gasteiger partial charge >= 0.3 is 60.1 Å². The number of aromatic nitrogens is 16. The lowest BCUT2D eigenvalue weighted by Gasteiger charge is -2.17. The van der Waals surface area contributed by atoms with Crippen LogP contribution in [0.2, 0.25) is 0 Å². The predicted molar refractivity (Wildman–Crippen MR) is 491 cm³/mol. The fourth-order valence-corrected chi connectivity index (χ4v) is 17.4. The quantitative estimate of drug-likeness (QED) is 0.0126. The Morgan fingerprint density at radius 3 is 1.38 bits per heavy atom. The summed E-state index contributed by atoms with van der Waals surface area (Å²) in [5.74, 6) is -1.92. The number of carbonyl (C=O) groups is 7. The van der Waals surface area contributed by atoms with Gasteiger partial charge in [0, 0.05) is 23.4 Å². The van der Waals surface area contributed by atoms with Gasteiger partial charge in [-0.25, -0.2) is 117 Å². The third-order valence-electron chi connectivity index (χ3n) is 16.4. The molecule has 139 heavy (non-hydrogen) atoms. The first kappa shape index (κ1) is 111. The van der Waals surface area contributed by atoms with Gasteiger partial charge in [-0.1, -0.05) is 30.3 Å². The van der Waals surface area contributed by atoms with Crippen molar-refractivity contribution < 1.29 is 141 Å². The Labute approximate surface area is 810 Å². The van der Waals surface area contributed by atoms with Crippen molar-refractivity contribution in [1.29, 1.82) is 0 Å². The highest BCUT2D eigenvalue weighted by atomic mass is 127. The molecule has 0 radical (unpaired) electrons. The second kappa shape index (κ2) is 49.6. The van der Waals surface area contributed by atoms with E-state index in [4.69, 9.17) is 54.2 Å². The Bertz CT molecular complexity index is 7120. The second-order valence-corrected chi connectivity index (χ2v) is 37.7. The molecule has 0 unspecified atom stereocenters. The summed E-state index contributed by atoms with van der Waals surface area (Å²) in [5.41, 5.74) is -0.128. The maximum atomic E-state index is 12.9. The number of nitrogens with zero attached hydrogens (tertiary/aromatic N) is 17. The third-order valence-corrected chi connectivity index (χ3v) is 24.9. The standard InChI is InChI=1S/C17H21N5O9S2.C15H17N5O6S.C14H16ClN5O5S.C14H14IN5O6S.C14H16N6O5S/c1-29-13-8-14(30-2)20-16(19-13)21-17(24)22-33(27,28)12-7-10(9-18-32(4,25)26)5-6-11(12)15(23)31-3;1-9-16-13(18-14(17-9)26-4)20(2)15(22)19-27(23,24)11-8-6-5-7-10(11)12(21)25-3;1-9-16-12(19-14(17-9)24-2)18-13(21)20-26(22,23)11-6-4-3-5-10(11)25-8-7-15;1-7-16-12(19-14(17-7)26-3)18-13(22)20-27(23,24)10-6-8(15)4-5-9(10)11(21)25-2;1-8-5-6-15-12(25-4)11(8)26(21,22)19-13-17-14-16-9(23-2)7-10(24-3)20(14)18-13/h5-8,18H,9H2,1-4H3,(H2,19,20,21,22,24);5-8H,1-4H3,(H,19,22);3-6H,7-8H2,1-2H3,(H2,16,17,18,19,20,21);4-6H,1-3H3,(H2,16,17,18,19,20,22);5-7H,1-4H3,(H,18,19). The van der Waals surface area contributed by atoms with Crippen LogP contribution in [-0.4, -0.2) is 276 Å². The van der Waals surface area contributed by atoms with Crippen LogP contribution >= 0.6 is 34.2 Å². The van der Waals surface area contributed by atoms with Crippen LogP contribution in [0.5, 0.6) is 53.2 Å². The van der Waals surface area contributed by atoms with E-state index in [9.17, 15) is 84.1 Å². The summed E-state index contributed by atoms with van der Waals surface area (Å²) >= 11 is 7.42. The molecule has 65 heteroatoms. The summed E-state index contributed by atoms with van der Waals surface area (Å²) in [6.07, 6.45) is 2.38. The van der Waals surface area contributed by atoms with E-state index in [-0.39, 0.29) is 157 Å². The smallest absolute Gasteiger partial charge is 0.339 e. The Morgan fingerprint density at radius 2 is 0.892 bits per heavy atom. The predicted octanol–water partition coefficient (Wildman–Crippen LogP) is 3.41. The lowest BCUT2D eigenvalue weighted by Crippen LogP contribution is -2.42. The maximum absolute atomic E-state index is 12.9. The van der Waals surface area contributed by atoms with Crippen LogP contribution in [0.1, 0.15) is 59.7 Å². The molecule has 8 amide bonds. The third kappa shape index (κ3) is 31.7. The van der Waals surface area contributed by atoms with E-state index in [0.717, 1.165) is 44.6 Å². The Hall–Kier alpha value is -15.1. The normalized spacial score (nSPS) is 11.1. The first-order valence-electron chi connectivity index (χ1n) is 37.9. The summed E-state index contributed by atoms with van der Waals surface area (Å²) in [5, 5.41) is 10.6. The number of carbonyl (C=O) groups excluding carboxylic acids is 7.